The average molecular weight is 316 g/mol. The largest absolute Gasteiger partial charge is 0.356 e. The normalized spacial score (nSPS) is 46.1. The number of piperidine rings is 1. The van der Waals surface area contributed by atoms with Crippen LogP contribution in [0.3, 0.4) is 0 Å². The molecule has 1 saturated heterocycles. The van der Waals surface area contributed by atoms with E-state index in [1.165, 1.54) is 57.8 Å². The molecule has 6 aliphatic rings. The zero-order chi connectivity index (χ0) is 15.5. The number of rotatable bonds is 4. The average Bonchev–Trinajstić information content (AvgIpc) is 3.19. The number of hydrogen-bond donors (Lipinski definition) is 2. The second kappa shape index (κ2) is 5.21. The van der Waals surface area contributed by atoms with Crippen molar-refractivity contribution in [3.8, 4) is 0 Å². The SMILES string of the molecule is O=C(NCCC12CC3CC(CC(C3)C1)C2)C1CC12CCNCC2. The van der Waals surface area contributed by atoms with Crippen LogP contribution in [0.25, 0.3) is 0 Å². The van der Waals surface area contributed by atoms with Gasteiger partial charge in [0.05, 0.1) is 0 Å². The van der Waals surface area contributed by atoms with E-state index in [4.69, 9.17) is 0 Å². The second-order valence-corrected chi connectivity index (χ2v) is 9.83. The molecule has 1 spiro atoms. The highest BCUT2D eigenvalue weighted by atomic mass is 16.2. The van der Waals surface area contributed by atoms with Gasteiger partial charge in [-0.3, -0.25) is 4.79 Å². The quantitative estimate of drug-likeness (QED) is 0.837. The standard InChI is InChI=1S/C20H32N2O/c23-18(17-13-20(17)2-4-21-5-3-20)22-6-1-19-10-14-7-15(11-19)9-16(8-14)12-19/h14-17,21H,1-13H2,(H,22,23). The highest BCUT2D eigenvalue weighted by Crippen LogP contribution is 2.61. The molecule has 0 aromatic carbocycles. The third-order valence-corrected chi connectivity index (χ3v) is 8.23. The van der Waals surface area contributed by atoms with Crippen LogP contribution in [0.2, 0.25) is 0 Å². The van der Waals surface area contributed by atoms with Gasteiger partial charge in [-0.25, -0.2) is 0 Å². The Morgan fingerprint density at radius 3 is 2.17 bits per heavy atom. The summed E-state index contributed by atoms with van der Waals surface area (Å²) in [5.74, 6) is 3.78. The first kappa shape index (κ1) is 14.7. The lowest BCUT2D eigenvalue weighted by Gasteiger charge is -2.57. The number of nitrogens with one attached hydrogen (secondary N) is 2. The van der Waals surface area contributed by atoms with E-state index in [0.29, 0.717) is 22.7 Å². The fourth-order valence-corrected chi connectivity index (χ4v) is 7.37. The van der Waals surface area contributed by atoms with Crippen molar-refractivity contribution in [3.63, 3.8) is 0 Å². The first-order valence-electron chi connectivity index (χ1n) is 10.1. The van der Waals surface area contributed by atoms with Crippen molar-refractivity contribution < 1.29 is 4.79 Å². The summed E-state index contributed by atoms with van der Waals surface area (Å²) in [6.45, 7) is 3.16. The third-order valence-electron chi connectivity index (χ3n) is 8.23. The molecule has 5 saturated carbocycles. The van der Waals surface area contributed by atoms with E-state index in [1.54, 1.807) is 0 Å². The summed E-state index contributed by atoms with van der Waals surface area (Å²) in [5.41, 5.74) is 0.994. The molecule has 3 nitrogen and oxygen atoms in total. The molecular weight excluding hydrogens is 284 g/mol. The van der Waals surface area contributed by atoms with Crippen LogP contribution in [0, 0.1) is 34.5 Å². The molecule has 1 unspecified atom stereocenters. The van der Waals surface area contributed by atoms with E-state index < -0.39 is 0 Å². The molecule has 0 aromatic heterocycles. The summed E-state index contributed by atoms with van der Waals surface area (Å²) >= 11 is 0. The maximum atomic E-state index is 12.5. The van der Waals surface area contributed by atoms with Gasteiger partial charge in [-0.05, 0) is 106 Å². The molecular formula is C20H32N2O. The number of carbonyl (C=O) groups excluding carboxylic acids is 1. The first-order valence-corrected chi connectivity index (χ1v) is 10.1. The summed E-state index contributed by atoms with van der Waals surface area (Å²) in [6.07, 6.45) is 13.8. The highest BCUT2D eigenvalue weighted by Gasteiger charge is 2.57. The second-order valence-electron chi connectivity index (χ2n) is 9.83. The molecule has 5 aliphatic carbocycles. The maximum Gasteiger partial charge on any atom is 0.223 e. The van der Waals surface area contributed by atoms with Crippen LogP contribution < -0.4 is 10.6 Å². The predicted octanol–water partition coefficient (Wildman–Crippen LogP) is 3.10. The lowest BCUT2D eigenvalue weighted by atomic mass is 9.49. The highest BCUT2D eigenvalue weighted by molar-refractivity contribution is 5.82. The van der Waals surface area contributed by atoms with Crippen molar-refractivity contribution in [1.29, 1.82) is 0 Å². The zero-order valence-corrected chi connectivity index (χ0v) is 14.4. The van der Waals surface area contributed by atoms with Crippen LogP contribution in [0.1, 0.15) is 64.2 Å². The molecule has 23 heavy (non-hydrogen) atoms. The minimum absolute atomic E-state index is 0.334. The van der Waals surface area contributed by atoms with E-state index >= 15 is 0 Å². The zero-order valence-electron chi connectivity index (χ0n) is 14.4. The Bertz CT molecular complexity index is 459. The van der Waals surface area contributed by atoms with Gasteiger partial charge in [-0.1, -0.05) is 0 Å². The van der Waals surface area contributed by atoms with Gasteiger partial charge in [0.2, 0.25) is 5.91 Å². The van der Waals surface area contributed by atoms with E-state index in [9.17, 15) is 4.79 Å². The molecule has 1 heterocycles. The molecule has 1 amide bonds. The molecule has 4 bridgehead atoms. The van der Waals surface area contributed by atoms with Gasteiger partial charge >= 0.3 is 0 Å². The van der Waals surface area contributed by atoms with Gasteiger partial charge in [0.25, 0.3) is 0 Å². The molecule has 6 rings (SSSR count). The minimum Gasteiger partial charge on any atom is -0.356 e. The van der Waals surface area contributed by atoms with Crippen molar-refractivity contribution >= 4 is 5.91 Å². The Labute approximate surface area is 140 Å². The van der Waals surface area contributed by atoms with Gasteiger partial charge in [0.15, 0.2) is 0 Å². The lowest BCUT2D eigenvalue weighted by Crippen LogP contribution is -2.47. The van der Waals surface area contributed by atoms with Gasteiger partial charge < -0.3 is 10.6 Å². The van der Waals surface area contributed by atoms with Crippen molar-refractivity contribution in [2.75, 3.05) is 19.6 Å². The Balaban J connectivity index is 1.13. The molecule has 1 aliphatic heterocycles. The summed E-state index contributed by atoms with van der Waals surface area (Å²) in [6, 6.07) is 0. The topological polar surface area (TPSA) is 41.1 Å². The van der Waals surface area contributed by atoms with Gasteiger partial charge in [-0.15, -0.1) is 0 Å². The molecule has 3 heteroatoms. The fraction of sp³-hybridized carbons (Fsp3) is 0.950. The molecule has 0 aromatic rings. The molecule has 128 valence electrons. The van der Waals surface area contributed by atoms with E-state index in [2.05, 4.69) is 10.6 Å². The van der Waals surface area contributed by atoms with Crippen molar-refractivity contribution in [2.45, 2.75) is 64.2 Å². The Hall–Kier alpha value is -0.570. The van der Waals surface area contributed by atoms with Gasteiger partial charge in [0.1, 0.15) is 0 Å². The van der Waals surface area contributed by atoms with E-state index in [0.717, 1.165) is 43.8 Å². The maximum absolute atomic E-state index is 12.5. The van der Waals surface area contributed by atoms with E-state index in [-0.39, 0.29) is 0 Å². The Kier molecular flexibility index (Phi) is 3.34. The molecule has 1 atom stereocenters. The molecule has 2 N–H and O–H groups in total. The summed E-state index contributed by atoms with van der Waals surface area (Å²) in [4.78, 5) is 12.5. The summed E-state index contributed by atoms with van der Waals surface area (Å²) in [7, 11) is 0. The van der Waals surface area contributed by atoms with Crippen molar-refractivity contribution in [3.05, 3.63) is 0 Å². The van der Waals surface area contributed by atoms with Crippen LogP contribution >= 0.6 is 0 Å². The fourth-order valence-electron chi connectivity index (χ4n) is 7.37. The van der Waals surface area contributed by atoms with E-state index in [1.807, 2.05) is 0 Å². The van der Waals surface area contributed by atoms with Crippen LogP contribution in [-0.2, 0) is 4.79 Å². The summed E-state index contributed by atoms with van der Waals surface area (Å²) in [5, 5.41) is 6.76. The first-order chi connectivity index (χ1) is 11.2. The molecule has 6 fully saturated rings. The van der Waals surface area contributed by atoms with Crippen LogP contribution in [0.4, 0.5) is 0 Å². The summed E-state index contributed by atoms with van der Waals surface area (Å²) < 4.78 is 0. The Morgan fingerprint density at radius 2 is 1.57 bits per heavy atom. The van der Waals surface area contributed by atoms with Crippen molar-refractivity contribution in [1.82, 2.24) is 10.6 Å². The van der Waals surface area contributed by atoms with Crippen LogP contribution in [-0.4, -0.2) is 25.5 Å². The van der Waals surface area contributed by atoms with Crippen LogP contribution in [0.5, 0.6) is 0 Å². The number of amides is 1. The third kappa shape index (κ3) is 2.54. The minimum atomic E-state index is 0.334. The van der Waals surface area contributed by atoms with Gasteiger partial charge in [0, 0.05) is 12.5 Å². The number of carbonyl (C=O) groups is 1. The smallest absolute Gasteiger partial charge is 0.223 e. The monoisotopic (exact) mass is 316 g/mol. The lowest BCUT2D eigenvalue weighted by molar-refractivity contribution is -0.123. The van der Waals surface area contributed by atoms with Crippen LogP contribution in [0.15, 0.2) is 0 Å². The molecule has 0 radical (unpaired) electrons. The Morgan fingerprint density at radius 1 is 0.957 bits per heavy atom. The number of hydrogen-bond acceptors (Lipinski definition) is 2. The predicted molar refractivity (Wildman–Crippen MR) is 90.9 cm³/mol. The van der Waals surface area contributed by atoms with Crippen molar-refractivity contribution in [2.24, 2.45) is 34.5 Å². The van der Waals surface area contributed by atoms with Gasteiger partial charge in [-0.2, -0.15) is 0 Å².